The summed E-state index contributed by atoms with van der Waals surface area (Å²) in [4.78, 5) is 26.2. The lowest BCUT2D eigenvalue weighted by Crippen LogP contribution is -2.66. The highest BCUT2D eigenvalue weighted by Gasteiger charge is 2.50. The molecule has 0 aromatic heterocycles. The molecule has 1 N–H and O–H groups in total. The van der Waals surface area contributed by atoms with Gasteiger partial charge in [-0.05, 0) is 24.7 Å². The lowest BCUT2D eigenvalue weighted by Gasteiger charge is -2.44. The average Bonchev–Trinajstić information content (AvgIpc) is 2.73. The van der Waals surface area contributed by atoms with E-state index in [0.29, 0.717) is 6.54 Å². The fraction of sp³-hybridized carbons (Fsp3) is 0.857. The number of hydrogen-bond acceptors (Lipinski definition) is 2. The third-order valence-electron chi connectivity index (χ3n) is 4.16. The Balaban J connectivity index is 2.16. The molecule has 1 saturated heterocycles. The molecule has 1 spiro atoms. The van der Waals surface area contributed by atoms with Crippen molar-refractivity contribution in [2.45, 2.75) is 58.4 Å². The molecule has 1 heterocycles. The second-order valence-electron chi connectivity index (χ2n) is 6.78. The normalized spacial score (nSPS) is 23.6. The quantitative estimate of drug-likeness (QED) is 0.813. The molecule has 18 heavy (non-hydrogen) atoms. The number of hydrogen-bond donors (Lipinski definition) is 1. The summed E-state index contributed by atoms with van der Waals surface area (Å²) in [5.74, 6) is 0.147. The summed E-state index contributed by atoms with van der Waals surface area (Å²) in [5, 5.41) is 2.76. The number of carbonyl (C=O) groups excluding carboxylic acids is 2. The minimum Gasteiger partial charge on any atom is -0.345 e. The first kappa shape index (κ1) is 13.4. The van der Waals surface area contributed by atoms with Gasteiger partial charge < -0.3 is 10.2 Å². The van der Waals surface area contributed by atoms with Crippen molar-refractivity contribution in [3.63, 3.8) is 0 Å². The van der Waals surface area contributed by atoms with Crippen LogP contribution in [0, 0.1) is 5.41 Å². The van der Waals surface area contributed by atoms with E-state index < -0.39 is 5.54 Å². The zero-order valence-corrected chi connectivity index (χ0v) is 11.7. The van der Waals surface area contributed by atoms with Crippen LogP contribution in [-0.2, 0) is 9.59 Å². The number of nitrogens with one attached hydrogen (secondary N) is 1. The molecule has 0 atom stereocenters. The number of piperazine rings is 1. The average molecular weight is 252 g/mol. The number of amides is 2. The lowest BCUT2D eigenvalue weighted by molar-refractivity contribution is -0.153. The highest BCUT2D eigenvalue weighted by molar-refractivity contribution is 5.98. The molecule has 102 valence electrons. The Morgan fingerprint density at radius 3 is 2.39 bits per heavy atom. The molecular formula is C14H24N2O2. The van der Waals surface area contributed by atoms with Gasteiger partial charge in [-0.1, -0.05) is 33.6 Å². The van der Waals surface area contributed by atoms with Crippen LogP contribution < -0.4 is 5.32 Å². The number of carbonyl (C=O) groups is 2. The largest absolute Gasteiger partial charge is 0.345 e. The number of rotatable bonds is 2. The fourth-order valence-electron chi connectivity index (χ4n) is 3.02. The Labute approximate surface area is 109 Å². The monoisotopic (exact) mass is 252 g/mol. The molecule has 1 aliphatic heterocycles. The van der Waals surface area contributed by atoms with Gasteiger partial charge in [0.2, 0.25) is 11.8 Å². The van der Waals surface area contributed by atoms with E-state index in [1.54, 1.807) is 0 Å². The van der Waals surface area contributed by atoms with E-state index >= 15 is 0 Å². The molecule has 2 amide bonds. The van der Waals surface area contributed by atoms with Crippen LogP contribution in [0.1, 0.15) is 52.9 Å². The Kier molecular flexibility index (Phi) is 3.39. The third kappa shape index (κ3) is 2.38. The van der Waals surface area contributed by atoms with Crippen LogP contribution in [0.15, 0.2) is 0 Å². The summed E-state index contributed by atoms with van der Waals surface area (Å²) in [7, 11) is 0. The third-order valence-corrected chi connectivity index (χ3v) is 4.16. The van der Waals surface area contributed by atoms with Crippen molar-refractivity contribution in [1.29, 1.82) is 0 Å². The fourth-order valence-corrected chi connectivity index (χ4v) is 3.02. The van der Waals surface area contributed by atoms with Gasteiger partial charge in [-0.2, -0.15) is 0 Å². The first-order valence-electron chi connectivity index (χ1n) is 6.94. The first-order valence-corrected chi connectivity index (χ1v) is 6.94. The van der Waals surface area contributed by atoms with Gasteiger partial charge in [0.05, 0.1) is 6.54 Å². The van der Waals surface area contributed by atoms with Crippen molar-refractivity contribution >= 4 is 11.8 Å². The lowest BCUT2D eigenvalue weighted by atomic mass is 9.87. The van der Waals surface area contributed by atoms with E-state index in [-0.39, 0.29) is 23.8 Å². The zero-order valence-electron chi connectivity index (χ0n) is 11.7. The summed E-state index contributed by atoms with van der Waals surface area (Å²) < 4.78 is 0. The molecule has 0 unspecified atom stereocenters. The molecule has 1 saturated carbocycles. The van der Waals surface area contributed by atoms with Gasteiger partial charge in [-0.25, -0.2) is 0 Å². The van der Waals surface area contributed by atoms with Gasteiger partial charge in [0, 0.05) is 6.54 Å². The van der Waals surface area contributed by atoms with E-state index in [2.05, 4.69) is 26.1 Å². The Morgan fingerprint density at radius 2 is 1.83 bits per heavy atom. The maximum Gasteiger partial charge on any atom is 0.246 e. The molecule has 2 rings (SSSR count). The second kappa shape index (κ2) is 4.56. The summed E-state index contributed by atoms with van der Waals surface area (Å²) in [6, 6.07) is 0. The summed E-state index contributed by atoms with van der Waals surface area (Å²) in [6.07, 6.45) is 4.69. The molecule has 2 aliphatic rings. The highest BCUT2D eigenvalue weighted by Crippen LogP contribution is 2.38. The van der Waals surface area contributed by atoms with E-state index in [1.807, 2.05) is 4.90 Å². The van der Waals surface area contributed by atoms with E-state index in [1.165, 1.54) is 0 Å². The van der Waals surface area contributed by atoms with Crippen LogP contribution in [-0.4, -0.2) is 35.3 Å². The van der Waals surface area contributed by atoms with Crippen molar-refractivity contribution in [3.8, 4) is 0 Å². The van der Waals surface area contributed by atoms with Gasteiger partial charge in [-0.3, -0.25) is 9.59 Å². The van der Waals surface area contributed by atoms with Crippen LogP contribution in [0.5, 0.6) is 0 Å². The summed E-state index contributed by atoms with van der Waals surface area (Å²) in [5.41, 5.74) is -0.339. The van der Waals surface area contributed by atoms with E-state index in [9.17, 15) is 9.59 Å². The predicted octanol–water partition coefficient (Wildman–Crippen LogP) is 1.69. The van der Waals surface area contributed by atoms with E-state index in [4.69, 9.17) is 0 Å². The van der Waals surface area contributed by atoms with Crippen molar-refractivity contribution in [2.75, 3.05) is 13.1 Å². The van der Waals surface area contributed by atoms with Crippen molar-refractivity contribution < 1.29 is 9.59 Å². The van der Waals surface area contributed by atoms with Gasteiger partial charge in [0.1, 0.15) is 5.54 Å². The van der Waals surface area contributed by atoms with Crippen molar-refractivity contribution in [1.82, 2.24) is 10.2 Å². The molecule has 0 aromatic carbocycles. The second-order valence-corrected chi connectivity index (χ2v) is 6.78. The first-order chi connectivity index (χ1) is 8.35. The summed E-state index contributed by atoms with van der Waals surface area (Å²) in [6.45, 7) is 7.38. The molecule has 0 radical (unpaired) electrons. The molecule has 2 fully saturated rings. The molecule has 0 aromatic rings. The topological polar surface area (TPSA) is 49.4 Å². The molecule has 1 aliphatic carbocycles. The van der Waals surface area contributed by atoms with Gasteiger partial charge >= 0.3 is 0 Å². The van der Waals surface area contributed by atoms with Crippen LogP contribution in [0.4, 0.5) is 0 Å². The van der Waals surface area contributed by atoms with E-state index in [0.717, 1.165) is 32.1 Å². The van der Waals surface area contributed by atoms with Gasteiger partial charge in [0.15, 0.2) is 0 Å². The van der Waals surface area contributed by atoms with Crippen LogP contribution in [0.2, 0.25) is 0 Å². The Bertz CT molecular complexity index is 351. The van der Waals surface area contributed by atoms with Crippen LogP contribution in [0.25, 0.3) is 0 Å². The smallest absolute Gasteiger partial charge is 0.246 e. The summed E-state index contributed by atoms with van der Waals surface area (Å²) >= 11 is 0. The molecule has 4 heteroatoms. The minimum atomic E-state index is -0.527. The van der Waals surface area contributed by atoms with Gasteiger partial charge in [0.25, 0.3) is 0 Å². The van der Waals surface area contributed by atoms with Crippen molar-refractivity contribution in [2.24, 2.45) is 5.41 Å². The standard InChI is InChI=1S/C14H24N2O2/c1-13(2,3)8-9-16-11(17)10-15-12(18)14(16)6-4-5-7-14/h4-10H2,1-3H3,(H,15,18). The Morgan fingerprint density at radius 1 is 1.22 bits per heavy atom. The zero-order chi connectivity index (χ0) is 13.4. The van der Waals surface area contributed by atoms with Crippen LogP contribution in [0.3, 0.4) is 0 Å². The Hall–Kier alpha value is -1.06. The van der Waals surface area contributed by atoms with Crippen molar-refractivity contribution in [3.05, 3.63) is 0 Å². The maximum absolute atomic E-state index is 12.2. The van der Waals surface area contributed by atoms with Gasteiger partial charge in [-0.15, -0.1) is 0 Å². The SMILES string of the molecule is CC(C)(C)CCN1C(=O)CNC(=O)C12CCCC2. The number of nitrogens with zero attached hydrogens (tertiary/aromatic N) is 1. The van der Waals surface area contributed by atoms with Crippen LogP contribution >= 0.6 is 0 Å². The molecular weight excluding hydrogens is 228 g/mol. The molecule has 0 bridgehead atoms. The predicted molar refractivity (Wildman–Crippen MR) is 70.0 cm³/mol. The maximum atomic E-state index is 12.2. The molecule has 4 nitrogen and oxygen atoms in total. The minimum absolute atomic E-state index is 0.0634. The highest BCUT2D eigenvalue weighted by atomic mass is 16.2.